The largest absolute Gasteiger partial charge is 0.400 e. The van der Waals surface area contributed by atoms with Gasteiger partial charge in [-0.3, -0.25) is 9.59 Å². The SMILES string of the molecule is C=C/C(=C\C)CC.CC.CC(=O)CC(C)(C)C=O.CCc1cnc(-c2nnc(C34CCC5C(CCC6C7(C)CCCCC7CCC56C)C3=C(C(C)C)C(=O)C4)n2C)nc1.CO. The zero-order chi connectivity index (χ0) is 45.9. The molecular formula is C52H83N5O4. The molecule has 0 spiro atoms. The monoisotopic (exact) mass is 842 g/mol. The fourth-order valence-electron chi connectivity index (χ4n) is 12.5. The van der Waals surface area contributed by atoms with Crippen LogP contribution < -0.4 is 0 Å². The van der Waals surface area contributed by atoms with Gasteiger partial charge in [0.25, 0.3) is 0 Å². The fraction of sp³-hybridized carbons (Fsp3) is 0.712. The molecule has 0 bridgehead atoms. The summed E-state index contributed by atoms with van der Waals surface area (Å²) in [4.78, 5) is 43.9. The number of nitrogens with zero attached hydrogens (tertiary/aromatic N) is 5. The van der Waals surface area contributed by atoms with Crippen molar-refractivity contribution < 1.29 is 19.5 Å². The second-order valence-electron chi connectivity index (χ2n) is 19.6. The molecule has 340 valence electrons. The van der Waals surface area contributed by atoms with Crippen molar-refractivity contribution in [2.75, 3.05) is 7.11 Å². The average molecular weight is 842 g/mol. The van der Waals surface area contributed by atoms with Crippen LogP contribution in [0, 0.1) is 45.8 Å². The normalized spacial score (nSPS) is 29.0. The number of aldehydes is 1. The van der Waals surface area contributed by atoms with E-state index >= 15 is 0 Å². The predicted octanol–water partition coefficient (Wildman–Crippen LogP) is 11.8. The van der Waals surface area contributed by atoms with E-state index in [1.807, 2.05) is 39.2 Å². The molecule has 2 heterocycles. The van der Waals surface area contributed by atoms with Gasteiger partial charge in [-0.25, -0.2) is 9.97 Å². The smallest absolute Gasteiger partial charge is 0.201 e. The number of carbonyl (C=O) groups is 3. The zero-order valence-electron chi connectivity index (χ0n) is 40.8. The number of aliphatic hydroxyl groups is 1. The number of ketones is 2. The maximum Gasteiger partial charge on any atom is 0.201 e. The summed E-state index contributed by atoms with van der Waals surface area (Å²) in [5, 5.41) is 16.5. The number of rotatable bonds is 9. The number of allylic oxidation sites excluding steroid dienone is 5. The third-order valence-electron chi connectivity index (χ3n) is 15.3. The van der Waals surface area contributed by atoms with Crippen LogP contribution in [0.25, 0.3) is 11.6 Å². The van der Waals surface area contributed by atoms with Crippen LogP contribution in [0.4, 0.5) is 0 Å². The lowest BCUT2D eigenvalue weighted by Crippen LogP contribution is -2.58. The molecule has 2 aromatic rings. The van der Waals surface area contributed by atoms with Crippen LogP contribution in [0.2, 0.25) is 0 Å². The number of aromatic nitrogens is 5. The predicted molar refractivity (Wildman–Crippen MR) is 250 cm³/mol. The lowest BCUT2D eigenvalue weighted by atomic mass is 9.39. The topological polar surface area (TPSA) is 128 Å². The van der Waals surface area contributed by atoms with Crippen LogP contribution >= 0.6 is 0 Å². The van der Waals surface area contributed by atoms with Crippen LogP contribution in [0.3, 0.4) is 0 Å². The molecule has 0 aliphatic heterocycles. The first-order valence-electron chi connectivity index (χ1n) is 23.6. The van der Waals surface area contributed by atoms with E-state index in [-0.39, 0.29) is 17.1 Å². The lowest BCUT2D eigenvalue weighted by molar-refractivity contribution is -0.148. The Hall–Kier alpha value is -3.59. The number of fused-ring (bicyclic) bond motifs is 7. The van der Waals surface area contributed by atoms with E-state index in [9.17, 15) is 14.4 Å². The molecule has 0 saturated heterocycles. The summed E-state index contributed by atoms with van der Waals surface area (Å²) in [5.41, 5.74) is 5.04. The summed E-state index contributed by atoms with van der Waals surface area (Å²) < 4.78 is 2.11. The van der Waals surface area contributed by atoms with Crippen LogP contribution in [0.5, 0.6) is 0 Å². The van der Waals surface area contributed by atoms with Crippen molar-refractivity contribution in [3.63, 3.8) is 0 Å². The van der Waals surface area contributed by atoms with Gasteiger partial charge in [-0.2, -0.15) is 0 Å². The molecule has 4 fully saturated rings. The van der Waals surface area contributed by atoms with Crippen LogP contribution in [0.1, 0.15) is 178 Å². The molecule has 7 atom stereocenters. The summed E-state index contributed by atoms with van der Waals surface area (Å²) in [7, 11) is 3.06. The minimum atomic E-state index is -0.466. The Morgan fingerprint density at radius 2 is 1.64 bits per heavy atom. The highest BCUT2D eigenvalue weighted by Gasteiger charge is 2.64. The van der Waals surface area contributed by atoms with E-state index in [0.717, 1.165) is 61.5 Å². The second-order valence-corrected chi connectivity index (χ2v) is 19.6. The number of aliphatic hydroxyl groups excluding tert-OH is 1. The molecule has 9 nitrogen and oxygen atoms in total. The lowest BCUT2D eigenvalue weighted by Gasteiger charge is -2.66. The fourth-order valence-corrected chi connectivity index (χ4v) is 12.5. The quantitative estimate of drug-likeness (QED) is 0.195. The number of carbonyl (C=O) groups excluding carboxylic acids is 3. The summed E-state index contributed by atoms with van der Waals surface area (Å²) in [5.74, 6) is 5.74. The molecule has 0 amide bonds. The van der Waals surface area contributed by atoms with Crippen molar-refractivity contribution in [3.05, 3.63) is 59.2 Å². The summed E-state index contributed by atoms with van der Waals surface area (Å²) in [6.07, 6.45) is 24.6. The molecular weight excluding hydrogens is 759 g/mol. The Morgan fingerprint density at radius 3 is 2.15 bits per heavy atom. The summed E-state index contributed by atoms with van der Waals surface area (Å²) in [6, 6.07) is 0. The molecule has 0 radical (unpaired) electrons. The molecule has 4 saturated carbocycles. The highest BCUT2D eigenvalue weighted by Crippen LogP contribution is 2.71. The Labute approximate surface area is 370 Å². The van der Waals surface area contributed by atoms with Gasteiger partial charge in [0.2, 0.25) is 5.82 Å². The Kier molecular flexibility index (Phi) is 18.8. The molecule has 5 aliphatic rings. The number of hydrogen-bond donors (Lipinski definition) is 1. The molecule has 5 aliphatic carbocycles. The van der Waals surface area contributed by atoms with Gasteiger partial charge in [0.15, 0.2) is 11.6 Å². The molecule has 9 heteroatoms. The van der Waals surface area contributed by atoms with Crippen molar-refractivity contribution in [2.24, 2.45) is 52.9 Å². The van der Waals surface area contributed by atoms with Gasteiger partial charge in [0.05, 0.1) is 5.41 Å². The minimum absolute atomic E-state index is 0.0621. The van der Waals surface area contributed by atoms with Crippen LogP contribution in [-0.2, 0) is 33.3 Å². The minimum Gasteiger partial charge on any atom is -0.400 e. The highest BCUT2D eigenvalue weighted by atomic mass is 16.2. The Bertz CT molecular complexity index is 1860. The molecule has 7 unspecified atom stereocenters. The van der Waals surface area contributed by atoms with Gasteiger partial charge < -0.3 is 14.5 Å². The zero-order valence-corrected chi connectivity index (χ0v) is 40.8. The molecule has 61 heavy (non-hydrogen) atoms. The maximum atomic E-state index is 14.0. The number of aryl methyl sites for hydroxylation is 1. The number of Topliss-reactive ketones (excluding diaryl/α,β-unsaturated/α-hetero) is 2. The van der Waals surface area contributed by atoms with Crippen molar-refractivity contribution in [2.45, 2.75) is 178 Å². The van der Waals surface area contributed by atoms with Gasteiger partial charge in [0.1, 0.15) is 17.9 Å². The van der Waals surface area contributed by atoms with E-state index in [0.29, 0.717) is 52.9 Å². The van der Waals surface area contributed by atoms with Gasteiger partial charge >= 0.3 is 0 Å². The Morgan fingerprint density at radius 1 is 0.984 bits per heavy atom. The number of hydrogen-bond acceptors (Lipinski definition) is 8. The van der Waals surface area contributed by atoms with Crippen molar-refractivity contribution in [1.29, 1.82) is 0 Å². The van der Waals surface area contributed by atoms with Gasteiger partial charge in [-0.15, -0.1) is 10.2 Å². The molecule has 1 N–H and O–H groups in total. The molecule has 7 rings (SSSR count). The molecule has 0 aromatic carbocycles. The first-order chi connectivity index (χ1) is 29.0. The van der Waals surface area contributed by atoms with Gasteiger partial charge in [0, 0.05) is 44.8 Å². The van der Waals surface area contributed by atoms with E-state index in [1.54, 1.807) is 13.8 Å². The van der Waals surface area contributed by atoms with Crippen molar-refractivity contribution in [1.82, 2.24) is 24.7 Å². The average Bonchev–Trinajstić information content (AvgIpc) is 3.80. The first kappa shape index (κ1) is 51.8. The summed E-state index contributed by atoms with van der Waals surface area (Å²) in [6.45, 7) is 28.7. The van der Waals surface area contributed by atoms with E-state index in [1.165, 1.54) is 75.9 Å². The van der Waals surface area contributed by atoms with E-state index in [2.05, 4.69) is 80.9 Å². The molecule has 2 aromatic heterocycles. The standard InChI is InChI=1S/C35H49N5O.C7H12O2.C7H12.C2H6.CH4O/c1-7-22-19-36-30(37-20-22)31-38-39-32(40(31)6)35-17-14-25-24(29(35)28(21(2)3)26(41)18-35)11-12-27-33(4)15-9-8-10-23(33)13-16-34(25,27)5;1-6(9)4-7(2,3)5-8;1-4-7(5-2)6-3;2*1-2/h19-21,23-25,27H,7-18H2,1-6H3;5H,4H2,1-3H3;4-5H,1,6H2,2-3H3;1-2H3;2H,1H3/b;;7-5+;;. The highest BCUT2D eigenvalue weighted by molar-refractivity contribution is 6.01. The van der Waals surface area contributed by atoms with Crippen molar-refractivity contribution >= 4 is 17.9 Å². The van der Waals surface area contributed by atoms with E-state index < -0.39 is 5.41 Å². The van der Waals surface area contributed by atoms with E-state index in [4.69, 9.17) is 10.2 Å². The second kappa shape index (κ2) is 22.2. The Balaban J connectivity index is 0.000000417. The van der Waals surface area contributed by atoms with Crippen LogP contribution in [0.15, 0.2) is 47.8 Å². The van der Waals surface area contributed by atoms with Gasteiger partial charge in [-0.05, 0) is 135 Å². The first-order valence-corrected chi connectivity index (χ1v) is 23.6. The third-order valence-corrected chi connectivity index (χ3v) is 15.3. The van der Waals surface area contributed by atoms with Gasteiger partial charge in [-0.1, -0.05) is 106 Å². The van der Waals surface area contributed by atoms with Crippen LogP contribution in [-0.4, -0.2) is 54.8 Å². The maximum absolute atomic E-state index is 14.0. The van der Waals surface area contributed by atoms with Crippen molar-refractivity contribution in [3.8, 4) is 11.6 Å². The summed E-state index contributed by atoms with van der Waals surface area (Å²) >= 11 is 0. The third kappa shape index (κ3) is 10.6.